The molecule has 12 heteroatoms. The smallest absolute Gasteiger partial charge is 0.291 e. The summed E-state index contributed by atoms with van der Waals surface area (Å²) in [6.07, 6.45) is 10.7. The van der Waals surface area contributed by atoms with Gasteiger partial charge in [0.1, 0.15) is 0 Å². The molecule has 1 saturated carbocycles. The summed E-state index contributed by atoms with van der Waals surface area (Å²) < 4.78 is 5.38. The van der Waals surface area contributed by atoms with Crippen molar-refractivity contribution in [2.24, 2.45) is 19.8 Å². The van der Waals surface area contributed by atoms with Crippen molar-refractivity contribution in [1.29, 1.82) is 0 Å². The van der Waals surface area contributed by atoms with Gasteiger partial charge in [-0.2, -0.15) is 0 Å². The van der Waals surface area contributed by atoms with E-state index in [1.807, 2.05) is 26.5 Å². The van der Waals surface area contributed by atoms with Gasteiger partial charge in [-0.1, -0.05) is 19.3 Å². The van der Waals surface area contributed by atoms with Crippen LogP contribution >= 0.6 is 0 Å². The Bertz CT molecular complexity index is 469. The summed E-state index contributed by atoms with van der Waals surface area (Å²) in [5, 5.41) is 27.3. The fourth-order valence-corrected chi connectivity index (χ4v) is 2.04. The molecular weight excluding hydrogens is 493 g/mol. The van der Waals surface area contributed by atoms with Gasteiger partial charge < -0.3 is 16.1 Å². The van der Waals surface area contributed by atoms with Crippen LogP contribution in [0.15, 0.2) is 12.4 Å². The third kappa shape index (κ3) is 18.2. The van der Waals surface area contributed by atoms with E-state index in [9.17, 15) is 0 Å². The van der Waals surface area contributed by atoms with Crippen molar-refractivity contribution in [2.75, 3.05) is 0 Å². The molecule has 0 radical (unpaired) electrons. The van der Waals surface area contributed by atoms with Crippen LogP contribution in [-0.2, 0) is 33.4 Å². The summed E-state index contributed by atoms with van der Waals surface area (Å²) in [5.74, 6) is 0. The van der Waals surface area contributed by atoms with Crippen LogP contribution in [0.25, 0.3) is 0 Å². The van der Waals surface area contributed by atoms with E-state index < -0.39 is 10.2 Å². The molecule has 1 aliphatic rings. The van der Waals surface area contributed by atoms with Crippen molar-refractivity contribution in [1.82, 2.24) is 9.13 Å². The summed E-state index contributed by atoms with van der Waals surface area (Å²) in [5.41, 5.74) is 5.63. The van der Waals surface area contributed by atoms with Gasteiger partial charge in [0.2, 0.25) is 0 Å². The zero-order valence-electron chi connectivity index (χ0n) is 13.0. The van der Waals surface area contributed by atoms with E-state index in [2.05, 4.69) is 28.5 Å². The van der Waals surface area contributed by atoms with E-state index in [4.69, 9.17) is 36.4 Å². The first-order valence-electron chi connectivity index (χ1n) is 6.63. The molecule has 11 nitrogen and oxygen atoms in total. The predicted molar refractivity (Wildman–Crippen MR) is 76.2 cm³/mol. The third-order valence-electron chi connectivity index (χ3n) is 2.70. The first-order chi connectivity index (χ1) is 10.6. The summed E-state index contributed by atoms with van der Waals surface area (Å²) in [6, 6.07) is 0.536. The molecule has 4 N–H and O–H groups in total. The number of hydrogen-bond acceptors (Lipinski definition) is 5. The van der Waals surface area contributed by atoms with E-state index in [0.717, 1.165) is 0 Å². The van der Waals surface area contributed by atoms with E-state index >= 15 is 0 Å². The van der Waals surface area contributed by atoms with Crippen LogP contribution in [0.3, 0.4) is 0 Å². The number of nitrogens with zero attached hydrogens (tertiary/aromatic N) is 4. The molecule has 0 aromatic carbocycles. The standard InChI is InChI=1S/C6H13N.C5H8N2.2HNO3.Pt/c7-6-4-2-1-3-5-6;1-6-3-4-7(2)5-6;2*2-1(3)4;/h6H,1-5,7H2;3-4H,1-2H3;2*(H,2,3,4);. The zero-order chi connectivity index (χ0) is 18.4. The van der Waals surface area contributed by atoms with E-state index in [-0.39, 0.29) is 0 Å². The van der Waals surface area contributed by atoms with Crippen LogP contribution in [0, 0.1) is 24.0 Å². The monoisotopic (exact) mass is 516 g/mol. The van der Waals surface area contributed by atoms with Gasteiger partial charge in [0.15, 0.2) is 0 Å². The number of hydrogen-bond donors (Lipinski definition) is 3. The molecule has 23 heavy (non-hydrogen) atoms. The SMILES string of the molecule is Cn1ccn(C)[c]1=[Pt].NC1CCCCC1.O=[N+]([O-])O.O=[N+]([O-])O. The van der Waals surface area contributed by atoms with E-state index in [1.165, 1.54) is 35.9 Å². The normalized spacial score (nSPS) is 13.3. The Kier molecular flexibility index (Phi) is 14.2. The zero-order valence-corrected chi connectivity index (χ0v) is 15.2. The fraction of sp³-hybridized carbons (Fsp3) is 0.727. The summed E-state index contributed by atoms with van der Waals surface area (Å²) in [6.45, 7) is 0. The van der Waals surface area contributed by atoms with Crippen molar-refractivity contribution in [2.45, 2.75) is 38.1 Å². The van der Waals surface area contributed by atoms with Crippen LogP contribution < -0.4 is 5.73 Å². The molecule has 2 rings (SSSR count). The van der Waals surface area contributed by atoms with Crippen molar-refractivity contribution < 1.29 is 39.9 Å². The van der Waals surface area contributed by atoms with E-state index in [1.54, 1.807) is 0 Å². The number of aromatic nitrogens is 2. The number of imidazole rings is 1. The molecule has 0 aliphatic heterocycles. The average molecular weight is 516 g/mol. The van der Waals surface area contributed by atoms with Crippen LogP contribution in [0.4, 0.5) is 0 Å². The Hall–Kier alpha value is -1.74. The summed E-state index contributed by atoms with van der Waals surface area (Å²) >= 11 is 2.27. The Morgan fingerprint density at radius 2 is 1.39 bits per heavy atom. The molecule has 0 saturated heterocycles. The Morgan fingerprint density at radius 1 is 1.09 bits per heavy atom. The summed E-state index contributed by atoms with van der Waals surface area (Å²) in [7, 11) is 4.06. The van der Waals surface area contributed by atoms with Crippen LogP contribution in [0.5, 0.6) is 0 Å². The Morgan fingerprint density at radius 3 is 1.52 bits per heavy atom. The molecule has 1 fully saturated rings. The van der Waals surface area contributed by atoms with Gasteiger partial charge in [0.05, 0.1) is 0 Å². The van der Waals surface area contributed by atoms with Crippen LogP contribution in [0.2, 0.25) is 0 Å². The van der Waals surface area contributed by atoms with Crippen LogP contribution in [-0.4, -0.2) is 35.8 Å². The molecule has 0 spiro atoms. The van der Waals surface area contributed by atoms with Gasteiger partial charge in [-0.15, -0.1) is 20.2 Å². The second-order valence-corrected chi connectivity index (χ2v) is 5.65. The van der Waals surface area contributed by atoms with Gasteiger partial charge in [0, 0.05) is 6.04 Å². The molecular formula is C11H23N5O6Pt. The number of aryl methyl sites for hydroxylation is 2. The van der Waals surface area contributed by atoms with Gasteiger partial charge in [-0.05, 0) is 12.8 Å². The quantitative estimate of drug-likeness (QED) is 0.343. The van der Waals surface area contributed by atoms with Crippen molar-refractivity contribution >= 4 is 0 Å². The fourth-order valence-electron chi connectivity index (χ4n) is 1.70. The van der Waals surface area contributed by atoms with Crippen molar-refractivity contribution in [3.63, 3.8) is 0 Å². The Balaban J connectivity index is 0. The molecule has 138 valence electrons. The Labute approximate surface area is 144 Å². The molecule has 1 heterocycles. The van der Waals surface area contributed by atoms with Gasteiger partial charge >= 0.3 is 58.8 Å². The first kappa shape index (κ1) is 23.5. The minimum Gasteiger partial charge on any atom is -0.328 e. The maximum atomic E-state index is 8.36. The maximum absolute atomic E-state index is 8.36. The number of nitrogens with two attached hydrogens (primary N) is 1. The molecule has 1 aromatic rings. The minimum atomic E-state index is -1.50. The van der Waals surface area contributed by atoms with Crippen molar-refractivity contribution in [3.05, 3.63) is 36.4 Å². The molecule has 0 unspecified atom stereocenters. The minimum absolute atomic E-state index is 0.536. The molecule has 1 aromatic heterocycles. The first-order valence-corrected chi connectivity index (χ1v) is 7.77. The third-order valence-corrected chi connectivity index (χ3v) is 4.31. The second kappa shape index (κ2) is 13.9. The maximum Gasteiger partial charge on any atom is 0.291 e. The number of rotatable bonds is 0. The largest absolute Gasteiger partial charge is 0.328 e. The van der Waals surface area contributed by atoms with Gasteiger partial charge in [-0.25, -0.2) is 0 Å². The van der Waals surface area contributed by atoms with Gasteiger partial charge in [0.25, 0.3) is 10.2 Å². The van der Waals surface area contributed by atoms with Crippen molar-refractivity contribution in [3.8, 4) is 0 Å². The topological polar surface area (TPSA) is 163 Å². The summed E-state index contributed by atoms with van der Waals surface area (Å²) in [4.78, 5) is 16.7. The molecule has 0 atom stereocenters. The molecule has 1 aliphatic carbocycles. The second-order valence-electron chi connectivity index (χ2n) is 4.64. The molecule has 0 bridgehead atoms. The van der Waals surface area contributed by atoms with Crippen LogP contribution in [0.1, 0.15) is 32.1 Å². The average Bonchev–Trinajstić information content (AvgIpc) is 2.70. The predicted octanol–water partition coefficient (Wildman–Crippen LogP) is 1.02. The van der Waals surface area contributed by atoms with Gasteiger partial charge in [-0.3, -0.25) is 0 Å². The van der Waals surface area contributed by atoms with E-state index in [0.29, 0.717) is 6.04 Å². The molecule has 0 amide bonds.